The monoisotopic (exact) mass is 619 g/mol. The molecule has 1 saturated carbocycles. The minimum atomic E-state index is -4.64. The van der Waals surface area contributed by atoms with Gasteiger partial charge in [0.05, 0.1) is 29.0 Å². The van der Waals surface area contributed by atoms with Crippen molar-refractivity contribution >= 4 is 39.2 Å². The van der Waals surface area contributed by atoms with Crippen LogP contribution in [0.4, 0.5) is 13.2 Å². The van der Waals surface area contributed by atoms with Crippen LogP contribution in [0.3, 0.4) is 0 Å². The maximum absolute atomic E-state index is 13.3. The van der Waals surface area contributed by atoms with E-state index in [2.05, 4.69) is 10.3 Å². The van der Waals surface area contributed by atoms with Gasteiger partial charge in [0.2, 0.25) is 0 Å². The lowest BCUT2D eigenvalue weighted by atomic mass is 9.93. The van der Waals surface area contributed by atoms with E-state index in [0.717, 1.165) is 12.8 Å². The Balaban J connectivity index is 1.68. The third-order valence-corrected chi connectivity index (χ3v) is 8.13. The van der Waals surface area contributed by atoms with Gasteiger partial charge >= 0.3 is 16.3 Å². The molecule has 2 aromatic carbocycles. The molecule has 3 aromatic rings. The number of halogens is 5. The number of carbonyl (C=O) groups is 1. The molecule has 1 aliphatic rings. The average Bonchev–Trinajstić information content (AvgIpc) is 3.19. The molecule has 40 heavy (non-hydrogen) atoms. The first kappa shape index (κ1) is 30.2. The molecule has 1 aromatic heterocycles. The van der Waals surface area contributed by atoms with Gasteiger partial charge in [0.25, 0.3) is 5.91 Å². The number of hydrogen-bond donors (Lipinski definition) is 2. The van der Waals surface area contributed by atoms with E-state index in [0.29, 0.717) is 40.6 Å². The van der Waals surface area contributed by atoms with E-state index >= 15 is 0 Å². The molecule has 0 radical (unpaired) electrons. The molecule has 8 nitrogen and oxygen atoms in total. The second-order valence-corrected chi connectivity index (χ2v) is 12.1. The summed E-state index contributed by atoms with van der Waals surface area (Å²) >= 11 is 12.5. The lowest BCUT2D eigenvalue weighted by Crippen LogP contribution is -2.40. The average molecular weight is 620 g/mol. The summed E-state index contributed by atoms with van der Waals surface area (Å²) in [5.74, 6) is -1.52. The van der Waals surface area contributed by atoms with Crippen LogP contribution < -0.4 is 9.50 Å². The smallest absolute Gasteiger partial charge is 0.390 e. The zero-order valence-electron chi connectivity index (χ0n) is 21.2. The highest BCUT2D eigenvalue weighted by atomic mass is 35.5. The van der Waals surface area contributed by atoms with Crippen LogP contribution in [0.15, 0.2) is 42.5 Å². The Morgan fingerprint density at radius 1 is 1.18 bits per heavy atom. The Labute approximate surface area is 239 Å². The highest BCUT2D eigenvalue weighted by Crippen LogP contribution is 2.34. The maximum Gasteiger partial charge on any atom is 0.390 e. The third kappa shape index (κ3) is 7.48. The van der Waals surface area contributed by atoms with Crippen molar-refractivity contribution in [2.75, 3.05) is 5.75 Å². The van der Waals surface area contributed by atoms with E-state index in [1.54, 1.807) is 23.6 Å². The fraction of sp³-hybridized carbons (Fsp3) is 0.385. The molecule has 4 rings (SSSR count). The predicted octanol–water partition coefficient (Wildman–Crippen LogP) is 5.85. The van der Waals surface area contributed by atoms with E-state index in [9.17, 15) is 31.5 Å². The summed E-state index contributed by atoms with van der Waals surface area (Å²) in [6, 6.07) is 10.1. The molecule has 216 valence electrons. The van der Waals surface area contributed by atoms with Gasteiger partial charge in [-0.05, 0) is 75.1 Å². The highest BCUT2D eigenvalue weighted by Gasteiger charge is 2.31. The Morgan fingerprint density at radius 3 is 2.50 bits per heavy atom. The lowest BCUT2D eigenvalue weighted by molar-refractivity contribution is -0.130. The lowest BCUT2D eigenvalue weighted by Gasteiger charge is -2.26. The number of carbonyl (C=O) groups excluding carboxylic acids is 1. The molecule has 1 heterocycles. The van der Waals surface area contributed by atoms with Crippen molar-refractivity contribution in [1.82, 2.24) is 14.9 Å². The molecule has 0 saturated heterocycles. The van der Waals surface area contributed by atoms with E-state index in [4.69, 9.17) is 27.4 Å². The molecule has 1 aliphatic carbocycles. The molecule has 0 unspecified atom stereocenters. The van der Waals surface area contributed by atoms with Gasteiger partial charge in [-0.2, -0.15) is 21.6 Å². The van der Waals surface area contributed by atoms with Crippen LogP contribution in [0.2, 0.25) is 10.0 Å². The Morgan fingerprint density at radius 2 is 1.88 bits per heavy atom. The topological polar surface area (TPSA) is 111 Å². The summed E-state index contributed by atoms with van der Waals surface area (Å²) in [6.45, 7) is 1.68. The number of aliphatic hydroxyl groups excluding tert-OH is 1. The molecule has 1 amide bonds. The number of nitrogens with zero attached hydrogens (tertiary/aromatic N) is 2. The first-order valence-electron chi connectivity index (χ1n) is 12.4. The molecule has 0 aliphatic heterocycles. The quantitative estimate of drug-likeness (QED) is 0.306. The molecule has 0 spiro atoms. The second kappa shape index (κ2) is 12.0. The molecular formula is C26H26Cl2F3N3O5S. The van der Waals surface area contributed by atoms with Gasteiger partial charge in [-0.1, -0.05) is 23.2 Å². The summed E-state index contributed by atoms with van der Waals surface area (Å²) in [5.41, 5.74) is 1.49. The summed E-state index contributed by atoms with van der Waals surface area (Å²) in [5, 5.41) is 13.6. The second-order valence-electron chi connectivity index (χ2n) is 9.52. The van der Waals surface area contributed by atoms with Crippen molar-refractivity contribution in [2.24, 2.45) is 0 Å². The molecule has 1 fully saturated rings. The van der Waals surface area contributed by atoms with Crippen molar-refractivity contribution in [3.05, 3.63) is 63.9 Å². The summed E-state index contributed by atoms with van der Waals surface area (Å²) in [7, 11) is -4.48. The largest absolute Gasteiger partial charge is 0.393 e. The molecular weight excluding hydrogens is 594 g/mol. The fourth-order valence-electron chi connectivity index (χ4n) is 4.51. The molecule has 2 atom stereocenters. The SMILES string of the molecule is Cc1c(C(=O)N[C@H]2CCC[C@H](O)C2)nc(-c2ccc(Cl)cc2Cl)n1-c1ccc(OS(=O)(=O)CCC(F)(F)F)cc1. The van der Waals surface area contributed by atoms with Crippen LogP contribution in [-0.2, 0) is 10.1 Å². The summed E-state index contributed by atoms with van der Waals surface area (Å²) in [6.07, 6.45) is -4.02. The normalized spacial score (nSPS) is 18.0. The van der Waals surface area contributed by atoms with Gasteiger partial charge in [-0.25, -0.2) is 4.98 Å². The van der Waals surface area contributed by atoms with Crippen LogP contribution in [0.5, 0.6) is 5.75 Å². The van der Waals surface area contributed by atoms with Crippen molar-refractivity contribution in [2.45, 2.75) is 57.3 Å². The number of hydrogen-bond acceptors (Lipinski definition) is 6. The van der Waals surface area contributed by atoms with Gasteiger partial charge in [0.1, 0.15) is 17.3 Å². The van der Waals surface area contributed by atoms with Gasteiger partial charge in [-0.3, -0.25) is 9.36 Å². The molecule has 14 heteroatoms. The zero-order valence-corrected chi connectivity index (χ0v) is 23.5. The highest BCUT2D eigenvalue weighted by molar-refractivity contribution is 7.87. The summed E-state index contributed by atoms with van der Waals surface area (Å²) < 4.78 is 67.8. The number of alkyl halides is 3. The predicted molar refractivity (Wildman–Crippen MR) is 145 cm³/mol. The number of benzene rings is 2. The maximum atomic E-state index is 13.3. The number of imidazole rings is 1. The van der Waals surface area contributed by atoms with Gasteiger partial charge in [0, 0.05) is 22.3 Å². The van der Waals surface area contributed by atoms with Crippen LogP contribution in [0.1, 0.15) is 48.3 Å². The Bertz CT molecular complexity index is 1490. The van der Waals surface area contributed by atoms with Crippen LogP contribution in [0.25, 0.3) is 17.1 Å². The first-order chi connectivity index (χ1) is 18.7. The number of amides is 1. The standard InChI is InChI=1S/C26H26Cl2F3N3O5S/c1-15-23(25(36)32-17-3-2-4-19(35)14-17)33-24(21-10-5-16(27)13-22(21)28)34(15)18-6-8-20(9-7-18)39-40(37,38)12-11-26(29,30)31/h5-10,13,17,19,35H,2-4,11-12,14H2,1H3,(H,32,36)/t17-,19-/m0/s1. The first-order valence-corrected chi connectivity index (χ1v) is 14.7. The Hall–Kier alpha value is -2.80. The van der Waals surface area contributed by atoms with Crippen molar-refractivity contribution in [3.8, 4) is 22.8 Å². The van der Waals surface area contributed by atoms with Crippen LogP contribution in [0, 0.1) is 6.92 Å². The minimum absolute atomic E-state index is 0.121. The number of nitrogens with one attached hydrogen (secondary N) is 1. The van der Waals surface area contributed by atoms with E-state index < -0.39 is 40.5 Å². The molecule has 0 bridgehead atoms. The fourth-order valence-corrected chi connectivity index (χ4v) is 5.97. The number of rotatable bonds is 8. The third-order valence-electron chi connectivity index (χ3n) is 6.43. The van der Waals surface area contributed by atoms with Crippen molar-refractivity contribution < 1.29 is 35.7 Å². The van der Waals surface area contributed by atoms with Crippen molar-refractivity contribution in [1.29, 1.82) is 0 Å². The van der Waals surface area contributed by atoms with Gasteiger partial charge in [-0.15, -0.1) is 0 Å². The van der Waals surface area contributed by atoms with Crippen LogP contribution >= 0.6 is 23.2 Å². The van der Waals surface area contributed by atoms with Gasteiger partial charge < -0.3 is 14.6 Å². The van der Waals surface area contributed by atoms with E-state index in [1.165, 1.54) is 30.3 Å². The Kier molecular flexibility index (Phi) is 9.03. The molecule has 2 N–H and O–H groups in total. The van der Waals surface area contributed by atoms with E-state index in [-0.39, 0.29) is 22.5 Å². The number of aliphatic hydroxyl groups is 1. The number of aromatic nitrogens is 2. The van der Waals surface area contributed by atoms with Gasteiger partial charge in [0.15, 0.2) is 0 Å². The van der Waals surface area contributed by atoms with Crippen LogP contribution in [-0.4, -0.2) is 53.1 Å². The minimum Gasteiger partial charge on any atom is -0.393 e. The summed E-state index contributed by atoms with van der Waals surface area (Å²) in [4.78, 5) is 17.8. The zero-order chi connectivity index (χ0) is 29.2. The van der Waals surface area contributed by atoms with Crippen molar-refractivity contribution in [3.63, 3.8) is 0 Å². The van der Waals surface area contributed by atoms with E-state index in [1.807, 2.05) is 0 Å².